The van der Waals surface area contributed by atoms with Gasteiger partial charge in [-0.25, -0.2) is 0 Å². The van der Waals surface area contributed by atoms with Gasteiger partial charge in [-0.05, 0) is 38.1 Å². The molecule has 1 N–H and O–H groups in total. The summed E-state index contributed by atoms with van der Waals surface area (Å²) in [6, 6.07) is 6.79. The maximum absolute atomic E-state index is 12.5. The van der Waals surface area contributed by atoms with E-state index in [1.54, 1.807) is 36.6 Å². The topological polar surface area (TPSA) is 58.6 Å². The standard InChI is InChI=1S/C17H19ClN2O3S/c1-10-7-13(11(2)24-10)17(22)20(3)9-16(21)19-14-8-12(18)5-6-15(14)23-4/h5-8H,9H2,1-4H3,(H,19,21). The Morgan fingerprint density at radius 2 is 2.00 bits per heavy atom. The quantitative estimate of drug-likeness (QED) is 0.876. The van der Waals surface area contributed by atoms with Gasteiger partial charge in [0.05, 0.1) is 24.9 Å². The molecule has 2 aromatic rings. The normalized spacial score (nSPS) is 10.4. The van der Waals surface area contributed by atoms with Gasteiger partial charge in [0.15, 0.2) is 0 Å². The predicted molar refractivity (Wildman–Crippen MR) is 97.4 cm³/mol. The molecule has 1 heterocycles. The van der Waals surface area contributed by atoms with Crippen molar-refractivity contribution < 1.29 is 14.3 Å². The molecule has 7 heteroatoms. The van der Waals surface area contributed by atoms with E-state index in [0.717, 1.165) is 9.75 Å². The lowest BCUT2D eigenvalue weighted by Crippen LogP contribution is -2.35. The maximum Gasteiger partial charge on any atom is 0.255 e. The number of likely N-dealkylation sites (N-methyl/N-ethyl adjacent to an activating group) is 1. The van der Waals surface area contributed by atoms with Gasteiger partial charge in [-0.2, -0.15) is 0 Å². The Labute approximate surface area is 150 Å². The number of thiophene rings is 1. The van der Waals surface area contributed by atoms with E-state index in [1.165, 1.54) is 12.0 Å². The minimum atomic E-state index is -0.323. The zero-order valence-electron chi connectivity index (χ0n) is 14.0. The lowest BCUT2D eigenvalue weighted by molar-refractivity contribution is -0.116. The van der Waals surface area contributed by atoms with Gasteiger partial charge in [-0.15, -0.1) is 11.3 Å². The van der Waals surface area contributed by atoms with Gasteiger partial charge in [-0.1, -0.05) is 11.6 Å². The van der Waals surface area contributed by atoms with Crippen LogP contribution in [0.2, 0.25) is 5.02 Å². The second-order valence-corrected chi connectivity index (χ2v) is 7.28. The molecule has 0 spiro atoms. The van der Waals surface area contributed by atoms with Crippen LogP contribution in [0.25, 0.3) is 0 Å². The van der Waals surface area contributed by atoms with Crippen LogP contribution >= 0.6 is 22.9 Å². The average Bonchev–Trinajstić information content (AvgIpc) is 2.85. The largest absolute Gasteiger partial charge is 0.495 e. The number of hydrogen-bond acceptors (Lipinski definition) is 4. The summed E-state index contributed by atoms with van der Waals surface area (Å²) < 4.78 is 5.19. The van der Waals surface area contributed by atoms with E-state index in [1.807, 2.05) is 19.9 Å². The highest BCUT2D eigenvalue weighted by atomic mass is 35.5. The molecule has 2 amide bonds. The number of carbonyl (C=O) groups is 2. The number of carbonyl (C=O) groups excluding carboxylic acids is 2. The first kappa shape index (κ1) is 18.3. The first-order chi connectivity index (χ1) is 11.3. The summed E-state index contributed by atoms with van der Waals surface area (Å²) >= 11 is 7.51. The summed E-state index contributed by atoms with van der Waals surface area (Å²) in [5.74, 6) is 0.00659. The third-order valence-electron chi connectivity index (χ3n) is 3.43. The Bertz CT molecular complexity index is 773. The molecular weight excluding hydrogens is 348 g/mol. The molecule has 0 saturated carbocycles. The van der Waals surface area contributed by atoms with Crippen LogP contribution < -0.4 is 10.1 Å². The number of nitrogens with zero attached hydrogens (tertiary/aromatic N) is 1. The minimum Gasteiger partial charge on any atom is -0.495 e. The SMILES string of the molecule is COc1ccc(Cl)cc1NC(=O)CN(C)C(=O)c1cc(C)sc1C. The number of aryl methyl sites for hydroxylation is 2. The van der Waals surface area contributed by atoms with Crippen LogP contribution in [0.1, 0.15) is 20.1 Å². The predicted octanol–water partition coefficient (Wildman–Crippen LogP) is 3.74. The Morgan fingerprint density at radius 1 is 1.29 bits per heavy atom. The summed E-state index contributed by atoms with van der Waals surface area (Å²) in [4.78, 5) is 28.1. The first-order valence-corrected chi connectivity index (χ1v) is 8.47. The van der Waals surface area contributed by atoms with Crippen LogP contribution in [-0.4, -0.2) is 37.4 Å². The van der Waals surface area contributed by atoms with Gasteiger partial charge >= 0.3 is 0 Å². The molecule has 2 rings (SSSR count). The highest BCUT2D eigenvalue weighted by Gasteiger charge is 2.19. The number of rotatable bonds is 5. The molecular formula is C17H19ClN2O3S. The molecule has 1 aromatic heterocycles. The van der Waals surface area contributed by atoms with Crippen LogP contribution in [0.15, 0.2) is 24.3 Å². The van der Waals surface area contributed by atoms with Crippen LogP contribution in [0.5, 0.6) is 5.75 Å². The molecule has 0 saturated heterocycles. The van der Waals surface area contributed by atoms with E-state index in [-0.39, 0.29) is 18.4 Å². The van der Waals surface area contributed by atoms with Gasteiger partial charge in [0.2, 0.25) is 5.91 Å². The fourth-order valence-electron chi connectivity index (χ4n) is 2.30. The van der Waals surface area contributed by atoms with Crippen LogP contribution in [0, 0.1) is 13.8 Å². The first-order valence-electron chi connectivity index (χ1n) is 7.27. The summed E-state index contributed by atoms with van der Waals surface area (Å²) in [6.07, 6.45) is 0. The molecule has 128 valence electrons. The molecule has 5 nitrogen and oxygen atoms in total. The smallest absolute Gasteiger partial charge is 0.255 e. The average molecular weight is 367 g/mol. The molecule has 24 heavy (non-hydrogen) atoms. The second-order valence-electron chi connectivity index (χ2n) is 5.38. The van der Waals surface area contributed by atoms with Crippen molar-refractivity contribution in [2.24, 2.45) is 0 Å². The van der Waals surface area contributed by atoms with Gasteiger partial charge in [0.1, 0.15) is 5.75 Å². The van der Waals surface area contributed by atoms with Crippen LogP contribution in [0.3, 0.4) is 0 Å². The number of hydrogen-bond donors (Lipinski definition) is 1. The van der Waals surface area contributed by atoms with Crippen LogP contribution in [-0.2, 0) is 4.79 Å². The van der Waals surface area contributed by atoms with E-state index in [2.05, 4.69) is 5.32 Å². The second kappa shape index (κ2) is 7.68. The molecule has 0 bridgehead atoms. The van der Waals surface area contributed by atoms with Crippen LogP contribution in [0.4, 0.5) is 5.69 Å². The number of amides is 2. The number of benzene rings is 1. The van der Waals surface area contributed by atoms with Gasteiger partial charge in [0.25, 0.3) is 5.91 Å². The number of methoxy groups -OCH3 is 1. The maximum atomic E-state index is 12.5. The van der Waals surface area contributed by atoms with Crippen molar-refractivity contribution in [2.45, 2.75) is 13.8 Å². The van der Waals surface area contributed by atoms with Crippen molar-refractivity contribution in [2.75, 3.05) is 26.0 Å². The highest BCUT2D eigenvalue weighted by Crippen LogP contribution is 2.27. The van der Waals surface area contributed by atoms with Crippen molar-refractivity contribution in [3.8, 4) is 5.75 Å². The van der Waals surface area contributed by atoms with E-state index in [9.17, 15) is 9.59 Å². The molecule has 0 radical (unpaired) electrons. The monoisotopic (exact) mass is 366 g/mol. The minimum absolute atomic E-state index is 0.0666. The molecule has 0 fully saturated rings. The Hall–Kier alpha value is -2.05. The van der Waals surface area contributed by atoms with E-state index < -0.39 is 0 Å². The van der Waals surface area contributed by atoms with E-state index in [0.29, 0.717) is 22.0 Å². The third-order valence-corrected chi connectivity index (χ3v) is 4.64. The number of ether oxygens (including phenoxy) is 1. The number of anilines is 1. The Morgan fingerprint density at radius 3 is 2.58 bits per heavy atom. The summed E-state index contributed by atoms with van der Waals surface area (Å²) in [6.45, 7) is 3.78. The molecule has 0 atom stereocenters. The summed E-state index contributed by atoms with van der Waals surface area (Å²) in [7, 11) is 3.11. The number of halogens is 1. The van der Waals surface area contributed by atoms with Gasteiger partial charge < -0.3 is 15.0 Å². The van der Waals surface area contributed by atoms with E-state index >= 15 is 0 Å². The fraction of sp³-hybridized carbons (Fsp3) is 0.294. The van der Waals surface area contributed by atoms with Gasteiger partial charge in [-0.3, -0.25) is 9.59 Å². The van der Waals surface area contributed by atoms with Crippen molar-refractivity contribution >= 4 is 40.4 Å². The third kappa shape index (κ3) is 4.27. The highest BCUT2D eigenvalue weighted by molar-refractivity contribution is 7.12. The van der Waals surface area contributed by atoms with Crippen molar-refractivity contribution in [1.82, 2.24) is 4.90 Å². The molecule has 0 aliphatic rings. The zero-order valence-corrected chi connectivity index (χ0v) is 15.5. The fourth-order valence-corrected chi connectivity index (χ4v) is 3.39. The molecule has 0 aliphatic heterocycles. The number of nitrogens with one attached hydrogen (secondary N) is 1. The Kier molecular flexibility index (Phi) is 5.85. The van der Waals surface area contributed by atoms with Crippen molar-refractivity contribution in [3.05, 3.63) is 44.6 Å². The Balaban J connectivity index is 2.05. The van der Waals surface area contributed by atoms with Gasteiger partial charge in [0, 0.05) is 21.8 Å². The summed E-state index contributed by atoms with van der Waals surface area (Å²) in [5, 5.41) is 3.21. The lowest BCUT2D eigenvalue weighted by atomic mass is 10.2. The summed E-state index contributed by atoms with van der Waals surface area (Å²) in [5.41, 5.74) is 1.10. The van der Waals surface area contributed by atoms with E-state index in [4.69, 9.17) is 16.3 Å². The van der Waals surface area contributed by atoms with Crippen molar-refractivity contribution in [1.29, 1.82) is 0 Å². The molecule has 1 aromatic carbocycles. The molecule has 0 aliphatic carbocycles. The molecule has 0 unspecified atom stereocenters. The zero-order chi connectivity index (χ0) is 17.9. The lowest BCUT2D eigenvalue weighted by Gasteiger charge is -2.17. The van der Waals surface area contributed by atoms with Crippen molar-refractivity contribution in [3.63, 3.8) is 0 Å².